The molecule has 0 aliphatic rings. The Hall–Kier alpha value is -1.50. The molecule has 7 heteroatoms. The molecule has 0 aliphatic carbocycles. The second-order valence-corrected chi connectivity index (χ2v) is 2.98. The summed E-state index contributed by atoms with van der Waals surface area (Å²) in [4.78, 5) is 10.0. The lowest BCUT2D eigenvalue weighted by molar-refractivity contribution is 0.369. The van der Waals surface area contributed by atoms with Gasteiger partial charge in [0.1, 0.15) is 0 Å². The molecule has 0 heterocycles. The first-order chi connectivity index (χ1) is 7.40. The van der Waals surface area contributed by atoms with Gasteiger partial charge < -0.3 is 5.73 Å². The van der Waals surface area contributed by atoms with Gasteiger partial charge >= 0.3 is 0 Å². The van der Waals surface area contributed by atoms with Crippen molar-refractivity contribution in [1.82, 2.24) is 0 Å². The molecule has 1 rings (SSSR count). The second-order valence-electron chi connectivity index (χ2n) is 2.98. The lowest BCUT2D eigenvalue weighted by atomic mass is 10.1. The van der Waals surface area contributed by atoms with E-state index in [0.29, 0.717) is 0 Å². The smallest absolute Gasteiger partial charge is 0.217 e. The quantitative estimate of drug-likeness (QED) is 0.491. The molecule has 16 heavy (non-hydrogen) atoms. The number of benzene rings is 1. The van der Waals surface area contributed by atoms with Crippen LogP contribution in [-0.2, 0) is 11.2 Å². The zero-order chi connectivity index (χ0) is 12.5. The fourth-order valence-corrected chi connectivity index (χ4v) is 1.09. The molecule has 0 spiro atoms. The summed E-state index contributed by atoms with van der Waals surface area (Å²) in [7, 11) is 0. The molecule has 0 saturated carbocycles. The molecule has 0 fully saturated rings. The van der Waals surface area contributed by atoms with Crippen LogP contribution in [0.3, 0.4) is 0 Å². The van der Waals surface area contributed by atoms with E-state index in [0.717, 1.165) is 0 Å². The molecule has 0 unspecified atom stereocenters. The van der Waals surface area contributed by atoms with Gasteiger partial charge in [-0.2, -0.15) is 0 Å². The van der Waals surface area contributed by atoms with Gasteiger partial charge in [0.25, 0.3) is 0 Å². The van der Waals surface area contributed by atoms with Crippen LogP contribution < -0.4 is 5.73 Å². The van der Waals surface area contributed by atoms with E-state index in [9.17, 15) is 26.7 Å². The van der Waals surface area contributed by atoms with Crippen molar-refractivity contribution in [1.29, 1.82) is 0 Å². The third-order valence-corrected chi connectivity index (χ3v) is 1.88. The van der Waals surface area contributed by atoms with E-state index in [4.69, 9.17) is 5.73 Å². The first kappa shape index (κ1) is 12.6. The molecule has 1 aromatic rings. The number of nitrogens with two attached hydrogens (primary N) is 1. The van der Waals surface area contributed by atoms with Crippen LogP contribution in [0.5, 0.6) is 0 Å². The van der Waals surface area contributed by atoms with Crippen LogP contribution in [0.15, 0.2) is 0 Å². The Kier molecular flexibility index (Phi) is 3.58. The number of rotatable bonds is 3. The van der Waals surface area contributed by atoms with Crippen LogP contribution in [0.1, 0.15) is 5.56 Å². The molecule has 0 bridgehead atoms. The van der Waals surface area contributed by atoms with E-state index in [1.54, 1.807) is 0 Å². The molecule has 0 aliphatic heterocycles. The third-order valence-electron chi connectivity index (χ3n) is 1.88. The molecule has 0 saturated heterocycles. The Balaban J connectivity index is 3.33. The maximum Gasteiger partial charge on any atom is 0.217 e. The third kappa shape index (κ3) is 2.04. The van der Waals surface area contributed by atoms with Gasteiger partial charge in [-0.15, -0.1) is 0 Å². The number of carbonyl (C=O) groups excluding carboxylic acids is 1. The molecule has 2 nitrogen and oxygen atoms in total. The lowest BCUT2D eigenvalue weighted by Crippen LogP contribution is -2.26. The highest BCUT2D eigenvalue weighted by molar-refractivity contribution is 5.58. The van der Waals surface area contributed by atoms with Gasteiger partial charge in [0.2, 0.25) is 12.1 Å². The maximum atomic E-state index is 13.0. The largest absolute Gasteiger partial charge is 0.321 e. The van der Waals surface area contributed by atoms with Crippen LogP contribution in [0.25, 0.3) is 0 Å². The summed E-state index contributed by atoms with van der Waals surface area (Å²) in [6, 6.07) is -1.45. The number of hydrogen-bond acceptors (Lipinski definition) is 2. The van der Waals surface area contributed by atoms with Crippen LogP contribution in [0.2, 0.25) is 0 Å². The Labute approximate surface area is 86.9 Å². The Bertz CT molecular complexity index is 405. The molecular weight excluding hydrogens is 233 g/mol. The van der Waals surface area contributed by atoms with Crippen LogP contribution in [0.4, 0.5) is 22.0 Å². The first-order valence-electron chi connectivity index (χ1n) is 4.03. The summed E-state index contributed by atoms with van der Waals surface area (Å²) >= 11 is 0. The van der Waals surface area contributed by atoms with Gasteiger partial charge in [0, 0.05) is 12.0 Å². The number of hydrogen-bond donors (Lipinski definition) is 1. The summed E-state index contributed by atoms with van der Waals surface area (Å²) in [5.74, 6) is -10.3. The van der Waals surface area contributed by atoms with Crippen molar-refractivity contribution < 1.29 is 26.7 Å². The van der Waals surface area contributed by atoms with E-state index in [1.165, 1.54) is 6.29 Å². The zero-order valence-corrected chi connectivity index (χ0v) is 7.66. The summed E-state index contributed by atoms with van der Waals surface area (Å²) in [5, 5.41) is 0. The lowest BCUT2D eigenvalue weighted by Gasteiger charge is -2.08. The number of halogens is 5. The van der Waals surface area contributed by atoms with Gasteiger partial charge in [-0.1, -0.05) is 0 Å². The minimum absolute atomic E-state index is 0.810. The average Bonchev–Trinajstić information content (AvgIpc) is 2.29. The zero-order valence-electron chi connectivity index (χ0n) is 7.66. The molecule has 1 aromatic carbocycles. The average molecular weight is 238 g/mol. The first-order valence-corrected chi connectivity index (χ1v) is 4.03. The molecule has 1 atom stereocenters. The van der Waals surface area contributed by atoms with Gasteiger partial charge in [-0.3, -0.25) is 4.79 Å². The fraction of sp³-hybridized carbons (Fsp3) is 0.222. The Morgan fingerprint density at radius 2 is 1.31 bits per heavy atom. The van der Waals surface area contributed by atoms with Crippen LogP contribution >= 0.6 is 0 Å². The minimum Gasteiger partial charge on any atom is -0.321 e. The van der Waals surface area contributed by atoms with Crippen molar-refractivity contribution in [2.75, 3.05) is 0 Å². The predicted molar refractivity (Wildman–Crippen MR) is 43.6 cm³/mol. The molecule has 0 amide bonds. The molecule has 87 valence electrons. The highest BCUT2D eigenvalue weighted by atomic mass is 19.2. The molecule has 1 radical (unpaired) electrons. The van der Waals surface area contributed by atoms with E-state index in [1.807, 2.05) is 0 Å². The van der Waals surface area contributed by atoms with Crippen molar-refractivity contribution in [3.05, 3.63) is 34.6 Å². The van der Waals surface area contributed by atoms with Crippen molar-refractivity contribution in [2.45, 2.75) is 12.5 Å². The molecule has 2 N–H and O–H groups in total. The van der Waals surface area contributed by atoms with Gasteiger partial charge in [-0.25, -0.2) is 22.0 Å². The minimum atomic E-state index is -2.25. The van der Waals surface area contributed by atoms with E-state index in [-0.39, 0.29) is 0 Å². The normalized spacial score (nSPS) is 12.6. The predicted octanol–water partition coefficient (Wildman–Crippen LogP) is 1.36. The maximum absolute atomic E-state index is 13.0. The summed E-state index contributed by atoms with van der Waals surface area (Å²) in [5.41, 5.74) is 3.87. The highest BCUT2D eigenvalue weighted by Crippen LogP contribution is 2.23. The highest BCUT2D eigenvalue weighted by Gasteiger charge is 2.26. The monoisotopic (exact) mass is 238 g/mol. The fourth-order valence-electron chi connectivity index (χ4n) is 1.09. The summed E-state index contributed by atoms with van der Waals surface area (Å²) < 4.78 is 63.9. The van der Waals surface area contributed by atoms with Crippen molar-refractivity contribution >= 4 is 6.29 Å². The topological polar surface area (TPSA) is 43.1 Å². The van der Waals surface area contributed by atoms with Crippen LogP contribution in [-0.4, -0.2) is 12.3 Å². The van der Waals surface area contributed by atoms with Gasteiger partial charge in [0.15, 0.2) is 23.3 Å². The van der Waals surface area contributed by atoms with Crippen LogP contribution in [0, 0.1) is 29.1 Å². The summed E-state index contributed by atoms with van der Waals surface area (Å²) in [6.45, 7) is 0. The van der Waals surface area contributed by atoms with Crippen molar-refractivity contribution in [3.63, 3.8) is 0 Å². The van der Waals surface area contributed by atoms with Gasteiger partial charge in [0.05, 0.1) is 6.04 Å². The Morgan fingerprint density at radius 1 is 0.938 bits per heavy atom. The SMILES string of the molecule is N[C@H]([C]=O)Cc1c(F)c(F)c(F)c(F)c1F. The standard InChI is InChI=1S/C9H5F5NO/c10-5-4(1-3(15)2-16)6(11)8(13)9(14)7(5)12/h3H,1,15H2/t3-/m0/s1. The van der Waals surface area contributed by atoms with E-state index in [2.05, 4.69) is 0 Å². The molecular formula is C9H5F5NO. The second kappa shape index (κ2) is 4.56. The van der Waals surface area contributed by atoms with Gasteiger partial charge in [-0.05, 0) is 0 Å². The van der Waals surface area contributed by atoms with Crippen molar-refractivity contribution in [2.24, 2.45) is 5.73 Å². The van der Waals surface area contributed by atoms with E-state index >= 15 is 0 Å². The van der Waals surface area contributed by atoms with Crippen molar-refractivity contribution in [3.8, 4) is 0 Å². The summed E-state index contributed by atoms with van der Waals surface area (Å²) in [6.07, 6.45) is 0.367. The molecule has 0 aromatic heterocycles. The Morgan fingerprint density at radius 3 is 1.69 bits per heavy atom. The van der Waals surface area contributed by atoms with E-state index < -0.39 is 47.1 Å².